The molecule has 32 heavy (non-hydrogen) atoms. The van der Waals surface area contributed by atoms with Crippen LogP contribution in [0.1, 0.15) is 54.6 Å². The molecule has 2 fully saturated rings. The minimum absolute atomic E-state index is 0.0473. The van der Waals surface area contributed by atoms with Crippen molar-refractivity contribution in [2.45, 2.75) is 44.7 Å². The van der Waals surface area contributed by atoms with Crippen molar-refractivity contribution in [3.05, 3.63) is 71.5 Å². The summed E-state index contributed by atoms with van der Waals surface area (Å²) in [5.41, 5.74) is 1.60. The van der Waals surface area contributed by atoms with E-state index in [0.29, 0.717) is 37.7 Å². The molecule has 2 aromatic rings. The topological polar surface area (TPSA) is 52.7 Å². The molecule has 0 radical (unpaired) electrons. The maximum Gasteiger partial charge on any atom is 0.253 e. The van der Waals surface area contributed by atoms with Gasteiger partial charge in [-0.15, -0.1) is 0 Å². The highest BCUT2D eigenvalue weighted by atomic mass is 19.1. The minimum atomic E-state index is -0.346. The summed E-state index contributed by atoms with van der Waals surface area (Å²) in [6.07, 6.45) is 4.50. The first-order valence-corrected chi connectivity index (χ1v) is 11.7. The average molecular weight is 438 g/mol. The first-order chi connectivity index (χ1) is 15.5. The third-order valence-electron chi connectivity index (χ3n) is 6.86. The monoisotopic (exact) mass is 437 g/mol. The van der Waals surface area contributed by atoms with Crippen LogP contribution in [0.5, 0.6) is 0 Å². The van der Waals surface area contributed by atoms with Crippen LogP contribution in [0.3, 0.4) is 0 Å². The summed E-state index contributed by atoms with van der Waals surface area (Å²) in [5.74, 6) is 0.0228. The lowest BCUT2D eigenvalue weighted by Crippen LogP contribution is -2.58. The van der Waals surface area contributed by atoms with Crippen molar-refractivity contribution in [3.8, 4) is 0 Å². The van der Waals surface area contributed by atoms with E-state index in [0.717, 1.165) is 18.4 Å². The van der Waals surface area contributed by atoms with Crippen molar-refractivity contribution in [2.75, 3.05) is 26.2 Å². The molecule has 0 aromatic heterocycles. The normalized spacial score (nSPS) is 19.5. The first kappa shape index (κ1) is 22.5. The number of benzene rings is 2. The highest BCUT2D eigenvalue weighted by Crippen LogP contribution is 2.31. The Labute approximate surface area is 189 Å². The Hall–Kier alpha value is -2.73. The fourth-order valence-corrected chi connectivity index (χ4v) is 5.05. The smallest absolute Gasteiger partial charge is 0.253 e. The number of amides is 2. The standard InChI is InChI=1S/C26H32FN3O2/c1-19(20-7-3-2-4-8-20)28-25(31)24(21-9-5-6-10-21)29-15-17-30(18-16-29)26(32)22-11-13-23(27)14-12-22/h2-4,7-8,11-14,19,21,24H,5-6,9-10,15-18H2,1H3,(H,28,31). The molecule has 1 aliphatic heterocycles. The van der Waals surface area contributed by atoms with Crippen LogP contribution < -0.4 is 5.32 Å². The van der Waals surface area contributed by atoms with E-state index in [-0.39, 0.29) is 29.7 Å². The van der Waals surface area contributed by atoms with Gasteiger partial charge in [-0.25, -0.2) is 4.39 Å². The van der Waals surface area contributed by atoms with Crippen molar-refractivity contribution in [2.24, 2.45) is 5.92 Å². The third kappa shape index (κ3) is 5.18. The number of nitrogens with one attached hydrogen (secondary N) is 1. The summed E-state index contributed by atoms with van der Waals surface area (Å²) < 4.78 is 13.2. The van der Waals surface area contributed by atoms with Crippen LogP contribution in [-0.2, 0) is 4.79 Å². The van der Waals surface area contributed by atoms with E-state index in [4.69, 9.17) is 0 Å². The Kier molecular flexibility index (Phi) is 7.20. The number of nitrogens with zero attached hydrogens (tertiary/aromatic N) is 2. The fourth-order valence-electron chi connectivity index (χ4n) is 5.05. The molecule has 6 heteroatoms. The summed E-state index contributed by atoms with van der Waals surface area (Å²) in [5, 5.41) is 3.24. The zero-order chi connectivity index (χ0) is 22.5. The Bertz CT molecular complexity index is 904. The predicted octanol–water partition coefficient (Wildman–Crippen LogP) is 4.02. The lowest BCUT2D eigenvalue weighted by Gasteiger charge is -2.41. The van der Waals surface area contributed by atoms with E-state index < -0.39 is 0 Å². The number of rotatable bonds is 6. The number of hydrogen-bond acceptors (Lipinski definition) is 3. The minimum Gasteiger partial charge on any atom is -0.348 e. The fraction of sp³-hybridized carbons (Fsp3) is 0.462. The lowest BCUT2D eigenvalue weighted by atomic mass is 9.94. The van der Waals surface area contributed by atoms with Crippen LogP contribution in [0.15, 0.2) is 54.6 Å². The van der Waals surface area contributed by atoms with E-state index in [1.54, 1.807) is 4.90 Å². The second-order valence-electron chi connectivity index (χ2n) is 8.97. The van der Waals surface area contributed by atoms with Crippen LogP contribution in [-0.4, -0.2) is 53.8 Å². The zero-order valence-corrected chi connectivity index (χ0v) is 18.7. The summed E-state index contributed by atoms with van der Waals surface area (Å²) in [7, 11) is 0. The Morgan fingerprint density at radius 3 is 2.19 bits per heavy atom. The van der Waals surface area contributed by atoms with Crippen LogP contribution in [0, 0.1) is 11.7 Å². The molecule has 5 nitrogen and oxygen atoms in total. The number of piperazine rings is 1. The molecule has 0 bridgehead atoms. The van der Waals surface area contributed by atoms with Gasteiger partial charge in [0, 0.05) is 31.7 Å². The number of halogens is 1. The van der Waals surface area contributed by atoms with E-state index in [1.807, 2.05) is 37.3 Å². The van der Waals surface area contributed by atoms with Gasteiger partial charge in [-0.05, 0) is 55.5 Å². The van der Waals surface area contributed by atoms with E-state index in [1.165, 1.54) is 37.1 Å². The van der Waals surface area contributed by atoms with Gasteiger partial charge in [-0.1, -0.05) is 43.2 Å². The molecular formula is C26H32FN3O2. The van der Waals surface area contributed by atoms with E-state index in [2.05, 4.69) is 10.2 Å². The highest BCUT2D eigenvalue weighted by Gasteiger charge is 2.37. The summed E-state index contributed by atoms with van der Waals surface area (Å²) in [4.78, 5) is 30.3. The SMILES string of the molecule is CC(NC(=O)C(C1CCCC1)N1CCN(C(=O)c2ccc(F)cc2)CC1)c1ccccc1. The van der Waals surface area contributed by atoms with Gasteiger partial charge in [0.1, 0.15) is 5.82 Å². The van der Waals surface area contributed by atoms with Gasteiger partial charge >= 0.3 is 0 Å². The zero-order valence-electron chi connectivity index (χ0n) is 18.7. The van der Waals surface area contributed by atoms with Gasteiger partial charge < -0.3 is 10.2 Å². The number of carbonyl (C=O) groups is 2. The lowest BCUT2D eigenvalue weighted by molar-refractivity contribution is -0.129. The second-order valence-corrected chi connectivity index (χ2v) is 8.97. The molecular weight excluding hydrogens is 405 g/mol. The van der Waals surface area contributed by atoms with Crippen LogP contribution in [0.4, 0.5) is 4.39 Å². The molecule has 1 heterocycles. The average Bonchev–Trinajstić information content (AvgIpc) is 3.34. The predicted molar refractivity (Wildman–Crippen MR) is 123 cm³/mol. The maximum absolute atomic E-state index is 13.4. The molecule has 1 aliphatic carbocycles. The number of hydrogen-bond donors (Lipinski definition) is 1. The van der Waals surface area contributed by atoms with Crippen LogP contribution in [0.25, 0.3) is 0 Å². The molecule has 2 aromatic carbocycles. The van der Waals surface area contributed by atoms with Crippen molar-refractivity contribution >= 4 is 11.8 Å². The van der Waals surface area contributed by atoms with Crippen molar-refractivity contribution < 1.29 is 14.0 Å². The van der Waals surface area contributed by atoms with Crippen molar-refractivity contribution in [1.29, 1.82) is 0 Å². The Morgan fingerprint density at radius 2 is 1.56 bits per heavy atom. The molecule has 2 atom stereocenters. The van der Waals surface area contributed by atoms with E-state index in [9.17, 15) is 14.0 Å². The molecule has 2 aliphatic rings. The van der Waals surface area contributed by atoms with Crippen molar-refractivity contribution in [3.63, 3.8) is 0 Å². The Balaban J connectivity index is 1.41. The van der Waals surface area contributed by atoms with Gasteiger partial charge in [0.05, 0.1) is 12.1 Å². The largest absolute Gasteiger partial charge is 0.348 e. The highest BCUT2D eigenvalue weighted by molar-refractivity contribution is 5.94. The Morgan fingerprint density at radius 1 is 0.938 bits per heavy atom. The molecule has 2 amide bonds. The second kappa shape index (κ2) is 10.3. The third-order valence-corrected chi connectivity index (χ3v) is 6.86. The van der Waals surface area contributed by atoms with Gasteiger partial charge in [-0.3, -0.25) is 14.5 Å². The molecule has 1 N–H and O–H groups in total. The van der Waals surface area contributed by atoms with Crippen LogP contribution in [0.2, 0.25) is 0 Å². The van der Waals surface area contributed by atoms with Crippen LogP contribution >= 0.6 is 0 Å². The molecule has 2 unspecified atom stereocenters. The molecule has 4 rings (SSSR count). The molecule has 1 saturated carbocycles. The van der Waals surface area contributed by atoms with Gasteiger partial charge in [-0.2, -0.15) is 0 Å². The number of carbonyl (C=O) groups excluding carboxylic acids is 2. The van der Waals surface area contributed by atoms with Crippen molar-refractivity contribution in [1.82, 2.24) is 15.1 Å². The quantitative estimate of drug-likeness (QED) is 0.743. The van der Waals surface area contributed by atoms with E-state index >= 15 is 0 Å². The first-order valence-electron chi connectivity index (χ1n) is 11.7. The summed E-state index contributed by atoms with van der Waals surface area (Å²) in [6, 6.07) is 15.5. The molecule has 1 saturated heterocycles. The van der Waals surface area contributed by atoms with Gasteiger partial charge in [0.2, 0.25) is 5.91 Å². The van der Waals surface area contributed by atoms with Gasteiger partial charge in [0.25, 0.3) is 5.91 Å². The molecule has 170 valence electrons. The maximum atomic E-state index is 13.4. The summed E-state index contributed by atoms with van der Waals surface area (Å²) in [6.45, 7) is 4.50. The molecule has 0 spiro atoms. The summed E-state index contributed by atoms with van der Waals surface area (Å²) >= 11 is 0. The van der Waals surface area contributed by atoms with Gasteiger partial charge in [0.15, 0.2) is 0 Å².